The lowest BCUT2D eigenvalue weighted by atomic mass is 9.75. The lowest BCUT2D eigenvalue weighted by molar-refractivity contribution is -0.154. The summed E-state index contributed by atoms with van der Waals surface area (Å²) in [5.41, 5.74) is 0.896. The molecule has 3 amide bonds. The van der Waals surface area contributed by atoms with Gasteiger partial charge in [-0.05, 0) is 49.2 Å². The number of carbonyl (C=O) groups is 3. The zero-order valence-corrected chi connectivity index (χ0v) is 19.7. The zero-order chi connectivity index (χ0) is 24.8. The molecule has 7 heteroatoms. The number of urea groups is 1. The molecule has 1 N–H and O–H groups in total. The number of carbonyl (C=O) groups excluding carboxylic acids is 2. The van der Waals surface area contributed by atoms with E-state index < -0.39 is 11.4 Å². The first-order chi connectivity index (χ1) is 16.9. The number of anilines is 3. The Hall–Kier alpha value is -4.13. The summed E-state index contributed by atoms with van der Waals surface area (Å²) in [5, 5.41) is 10.2. The number of rotatable bonds is 6. The van der Waals surface area contributed by atoms with E-state index >= 15 is 0 Å². The highest BCUT2D eigenvalue weighted by Gasteiger charge is 2.45. The van der Waals surface area contributed by atoms with Gasteiger partial charge in [0.05, 0.1) is 5.41 Å². The summed E-state index contributed by atoms with van der Waals surface area (Å²) in [4.78, 5) is 43.9. The number of hydrogen-bond donors (Lipinski definition) is 1. The molecule has 0 bridgehead atoms. The van der Waals surface area contributed by atoms with Crippen molar-refractivity contribution in [2.45, 2.75) is 19.3 Å². The van der Waals surface area contributed by atoms with E-state index in [2.05, 4.69) is 0 Å². The molecule has 1 heterocycles. The minimum atomic E-state index is -1.24. The fourth-order valence-corrected chi connectivity index (χ4v) is 4.53. The van der Waals surface area contributed by atoms with E-state index in [4.69, 9.17) is 0 Å². The number of likely N-dealkylation sites (tertiary alicyclic amines) is 1. The van der Waals surface area contributed by atoms with Gasteiger partial charge >= 0.3 is 12.0 Å². The molecule has 0 radical (unpaired) electrons. The molecule has 1 saturated heterocycles. The molecule has 0 aromatic heterocycles. The van der Waals surface area contributed by atoms with Gasteiger partial charge in [-0.1, -0.05) is 54.6 Å². The molecule has 1 aliphatic heterocycles. The van der Waals surface area contributed by atoms with Crippen LogP contribution in [-0.2, 0) is 9.59 Å². The van der Waals surface area contributed by atoms with Crippen molar-refractivity contribution in [3.8, 4) is 0 Å². The smallest absolute Gasteiger partial charge is 0.324 e. The number of aliphatic carboxylic acids is 1. The first kappa shape index (κ1) is 24.0. The summed E-state index contributed by atoms with van der Waals surface area (Å²) in [6, 6.07) is 27.6. The number of nitrogens with zero attached hydrogens (tertiary/aromatic N) is 3. The highest BCUT2D eigenvalue weighted by Crippen LogP contribution is 2.38. The van der Waals surface area contributed by atoms with Crippen LogP contribution in [0.25, 0.3) is 0 Å². The molecule has 180 valence electrons. The number of carboxylic acid groups (broad SMARTS) is 1. The average molecular weight is 472 g/mol. The van der Waals surface area contributed by atoms with E-state index in [9.17, 15) is 19.5 Å². The van der Waals surface area contributed by atoms with Crippen molar-refractivity contribution in [1.29, 1.82) is 0 Å². The fraction of sp³-hybridized carbons (Fsp3) is 0.250. The molecule has 35 heavy (non-hydrogen) atoms. The third-order valence-electron chi connectivity index (χ3n) is 6.64. The Morgan fingerprint density at radius 3 is 1.63 bits per heavy atom. The largest absolute Gasteiger partial charge is 0.481 e. The fourth-order valence-electron chi connectivity index (χ4n) is 4.53. The molecule has 1 fully saturated rings. The van der Waals surface area contributed by atoms with Crippen molar-refractivity contribution in [3.05, 3.63) is 91.0 Å². The van der Waals surface area contributed by atoms with Crippen molar-refractivity contribution < 1.29 is 19.5 Å². The predicted octanol–water partition coefficient (Wildman–Crippen LogP) is 5.16. The van der Waals surface area contributed by atoms with Crippen molar-refractivity contribution >= 4 is 35.0 Å². The Morgan fingerprint density at radius 1 is 0.771 bits per heavy atom. The molecule has 3 aromatic rings. The normalized spacial score (nSPS) is 14.7. The second-order valence-corrected chi connectivity index (χ2v) is 8.83. The molecule has 7 nitrogen and oxygen atoms in total. The molecule has 3 aromatic carbocycles. The van der Waals surface area contributed by atoms with Gasteiger partial charge in [-0.3, -0.25) is 19.4 Å². The molecule has 0 unspecified atom stereocenters. The summed E-state index contributed by atoms with van der Waals surface area (Å²) < 4.78 is 0. The zero-order valence-electron chi connectivity index (χ0n) is 19.7. The summed E-state index contributed by atoms with van der Waals surface area (Å²) in [6.07, 6.45) is 0.266. The molecule has 0 aliphatic carbocycles. The van der Waals surface area contributed by atoms with Gasteiger partial charge in [0.1, 0.15) is 0 Å². The van der Waals surface area contributed by atoms with Crippen LogP contribution >= 0.6 is 0 Å². The molecule has 4 rings (SSSR count). The maximum absolute atomic E-state index is 13.6. The van der Waals surface area contributed by atoms with Crippen molar-refractivity contribution in [1.82, 2.24) is 4.90 Å². The Balaban J connectivity index is 1.51. The van der Waals surface area contributed by atoms with E-state index in [0.29, 0.717) is 11.4 Å². The van der Waals surface area contributed by atoms with E-state index in [1.807, 2.05) is 91.0 Å². The molecule has 1 aliphatic rings. The van der Waals surface area contributed by atoms with Gasteiger partial charge in [0.25, 0.3) is 0 Å². The standard InChI is InChI=1S/C28H29N3O4/c1-29(22-11-5-2-6-12-22)27(35)30-19-17-28(18-20-30,26(33)34)21-25(32)31(23-13-7-3-8-14-23)24-15-9-4-10-16-24/h2-16H,17-21H2,1H3,(H,33,34). The summed E-state index contributed by atoms with van der Waals surface area (Å²) in [6.45, 7) is 0.540. The van der Waals surface area contributed by atoms with E-state index in [1.165, 1.54) is 0 Å². The van der Waals surface area contributed by atoms with Crippen LogP contribution < -0.4 is 9.80 Å². The molecule has 0 spiro atoms. The van der Waals surface area contributed by atoms with Gasteiger partial charge in [-0.25, -0.2) is 4.79 Å². The van der Waals surface area contributed by atoms with Gasteiger partial charge in [0, 0.05) is 43.6 Å². The van der Waals surface area contributed by atoms with Crippen molar-refractivity contribution in [3.63, 3.8) is 0 Å². The van der Waals surface area contributed by atoms with E-state index in [-0.39, 0.29) is 44.3 Å². The molecule has 0 atom stereocenters. The summed E-state index contributed by atoms with van der Waals surface area (Å²) in [5.74, 6) is -1.29. The molecule has 0 saturated carbocycles. The number of carboxylic acids is 1. The van der Waals surface area contributed by atoms with Gasteiger partial charge in [-0.2, -0.15) is 0 Å². The maximum Gasteiger partial charge on any atom is 0.324 e. The van der Waals surface area contributed by atoms with Gasteiger partial charge in [0.2, 0.25) is 5.91 Å². The van der Waals surface area contributed by atoms with Crippen LogP contribution in [0.1, 0.15) is 19.3 Å². The summed E-state index contributed by atoms with van der Waals surface area (Å²) in [7, 11) is 1.71. The highest BCUT2D eigenvalue weighted by molar-refractivity contribution is 6.02. The Kier molecular flexibility index (Phi) is 7.15. The van der Waals surface area contributed by atoms with Gasteiger partial charge in [0.15, 0.2) is 0 Å². The lowest BCUT2D eigenvalue weighted by Crippen LogP contribution is -2.51. The third kappa shape index (κ3) is 5.19. The van der Waals surface area contributed by atoms with Crippen molar-refractivity contribution in [2.75, 3.05) is 29.9 Å². The highest BCUT2D eigenvalue weighted by atomic mass is 16.4. The quantitative estimate of drug-likeness (QED) is 0.538. The van der Waals surface area contributed by atoms with Crippen LogP contribution in [0.15, 0.2) is 91.0 Å². The Labute approximate surface area is 205 Å². The van der Waals surface area contributed by atoms with Crippen LogP contribution in [-0.4, -0.2) is 48.1 Å². The first-order valence-corrected chi connectivity index (χ1v) is 11.7. The second-order valence-electron chi connectivity index (χ2n) is 8.83. The monoisotopic (exact) mass is 471 g/mol. The van der Waals surface area contributed by atoms with Crippen molar-refractivity contribution in [2.24, 2.45) is 5.41 Å². The minimum absolute atomic E-state index is 0.150. The number of piperidine rings is 1. The summed E-state index contributed by atoms with van der Waals surface area (Å²) >= 11 is 0. The van der Waals surface area contributed by atoms with Crippen LogP contribution in [0.2, 0.25) is 0 Å². The molecular formula is C28H29N3O4. The van der Waals surface area contributed by atoms with E-state index in [1.54, 1.807) is 21.7 Å². The first-order valence-electron chi connectivity index (χ1n) is 11.7. The van der Waals surface area contributed by atoms with Crippen LogP contribution in [0.4, 0.5) is 21.9 Å². The van der Waals surface area contributed by atoms with Crippen LogP contribution in [0, 0.1) is 5.41 Å². The number of benzene rings is 3. The predicted molar refractivity (Wildman–Crippen MR) is 136 cm³/mol. The minimum Gasteiger partial charge on any atom is -0.481 e. The average Bonchev–Trinajstić information content (AvgIpc) is 2.90. The SMILES string of the molecule is CN(C(=O)N1CCC(CC(=O)N(c2ccccc2)c2ccccc2)(C(=O)O)CC1)c1ccccc1. The van der Waals surface area contributed by atoms with Crippen LogP contribution in [0.3, 0.4) is 0 Å². The second kappa shape index (κ2) is 10.4. The number of para-hydroxylation sites is 3. The number of hydrogen-bond acceptors (Lipinski definition) is 3. The van der Waals surface area contributed by atoms with Crippen LogP contribution in [0.5, 0.6) is 0 Å². The maximum atomic E-state index is 13.6. The molecular weight excluding hydrogens is 442 g/mol. The Morgan fingerprint density at radius 2 is 1.20 bits per heavy atom. The van der Waals surface area contributed by atoms with Gasteiger partial charge in [-0.15, -0.1) is 0 Å². The topological polar surface area (TPSA) is 81.2 Å². The Bertz CT molecular complexity index is 1120. The van der Waals surface area contributed by atoms with Gasteiger partial charge < -0.3 is 10.0 Å². The van der Waals surface area contributed by atoms with E-state index in [0.717, 1.165) is 5.69 Å². The number of amides is 3. The lowest BCUT2D eigenvalue weighted by Gasteiger charge is -2.40. The third-order valence-corrected chi connectivity index (χ3v) is 6.64.